The Morgan fingerprint density at radius 2 is 1.74 bits per heavy atom. The molecule has 0 radical (unpaired) electrons. The Bertz CT molecular complexity index is 1000. The van der Waals surface area contributed by atoms with Crippen molar-refractivity contribution in [3.05, 3.63) is 47.7 Å². The maximum atomic E-state index is 12.6. The second-order valence-corrected chi connectivity index (χ2v) is 7.87. The molecular formula is C25H31N3O6. The van der Waals surface area contributed by atoms with E-state index < -0.39 is 0 Å². The summed E-state index contributed by atoms with van der Waals surface area (Å²) in [5, 5.41) is 0. The van der Waals surface area contributed by atoms with Gasteiger partial charge in [-0.3, -0.25) is 9.59 Å². The number of benzene rings is 1. The molecule has 0 spiro atoms. The number of rotatable bonds is 10. The first-order chi connectivity index (χ1) is 16.4. The zero-order valence-corrected chi connectivity index (χ0v) is 19.9. The number of Topliss-reactive ketones (excluding diaryl/α,β-unsaturated/α-hetero) is 1. The number of esters is 1. The molecule has 1 aliphatic heterocycles. The number of methoxy groups -OCH3 is 1. The van der Waals surface area contributed by atoms with Crippen LogP contribution in [0.2, 0.25) is 0 Å². The van der Waals surface area contributed by atoms with E-state index in [-0.39, 0.29) is 17.7 Å². The van der Waals surface area contributed by atoms with Crippen LogP contribution >= 0.6 is 0 Å². The number of amides is 1. The zero-order chi connectivity index (χ0) is 24.5. The van der Waals surface area contributed by atoms with Crippen molar-refractivity contribution in [2.75, 3.05) is 51.4 Å². The predicted octanol–water partition coefficient (Wildman–Crippen LogP) is 2.98. The highest BCUT2D eigenvalue weighted by Gasteiger charge is 2.22. The Kier molecular flexibility index (Phi) is 8.84. The Balaban J connectivity index is 1.41. The quantitative estimate of drug-likeness (QED) is 0.298. The van der Waals surface area contributed by atoms with Crippen molar-refractivity contribution in [2.24, 2.45) is 0 Å². The third kappa shape index (κ3) is 6.46. The molecule has 0 bridgehead atoms. The number of carbonyl (C=O) groups excluding carboxylic acids is 3. The highest BCUT2D eigenvalue weighted by Crippen LogP contribution is 2.28. The fraction of sp³-hybridized carbons (Fsp3) is 0.440. The summed E-state index contributed by atoms with van der Waals surface area (Å²) >= 11 is 0. The lowest BCUT2D eigenvalue weighted by Crippen LogP contribution is -2.49. The molecule has 182 valence electrons. The summed E-state index contributed by atoms with van der Waals surface area (Å²) in [6.07, 6.45) is 2.49. The van der Waals surface area contributed by atoms with Crippen molar-refractivity contribution >= 4 is 23.5 Å². The highest BCUT2D eigenvalue weighted by molar-refractivity contribution is 5.94. The van der Waals surface area contributed by atoms with Crippen LogP contribution in [0.5, 0.6) is 11.5 Å². The third-order valence-corrected chi connectivity index (χ3v) is 5.58. The van der Waals surface area contributed by atoms with Crippen LogP contribution in [0.3, 0.4) is 0 Å². The molecule has 3 rings (SSSR count). The van der Waals surface area contributed by atoms with Crippen molar-refractivity contribution in [3.8, 4) is 11.5 Å². The van der Waals surface area contributed by atoms with Gasteiger partial charge in [0.2, 0.25) is 5.91 Å². The molecule has 1 aromatic carbocycles. The summed E-state index contributed by atoms with van der Waals surface area (Å²) in [6.45, 7) is 6.53. The number of pyridine rings is 1. The molecule has 2 heterocycles. The number of nitrogens with zero attached hydrogens (tertiary/aromatic N) is 3. The van der Waals surface area contributed by atoms with Gasteiger partial charge in [-0.05, 0) is 50.6 Å². The van der Waals surface area contributed by atoms with Crippen LogP contribution in [-0.2, 0) is 9.53 Å². The topological polar surface area (TPSA) is 98.3 Å². The van der Waals surface area contributed by atoms with Gasteiger partial charge in [0.1, 0.15) is 5.82 Å². The maximum Gasteiger partial charge on any atom is 0.339 e. The Hall–Kier alpha value is -3.62. The van der Waals surface area contributed by atoms with Crippen molar-refractivity contribution in [1.82, 2.24) is 9.88 Å². The summed E-state index contributed by atoms with van der Waals surface area (Å²) in [7, 11) is 1.53. The van der Waals surface area contributed by atoms with Gasteiger partial charge >= 0.3 is 5.97 Å². The first-order valence-corrected chi connectivity index (χ1v) is 11.4. The number of ether oxygens (including phenoxy) is 3. The van der Waals surface area contributed by atoms with E-state index in [1.54, 1.807) is 37.3 Å². The number of anilines is 1. The van der Waals surface area contributed by atoms with E-state index in [9.17, 15) is 14.4 Å². The predicted molar refractivity (Wildman–Crippen MR) is 127 cm³/mol. The van der Waals surface area contributed by atoms with Gasteiger partial charge in [0.05, 0.1) is 25.9 Å². The molecule has 0 atom stereocenters. The first-order valence-electron chi connectivity index (χ1n) is 11.4. The molecular weight excluding hydrogens is 438 g/mol. The molecule has 1 amide bonds. The van der Waals surface area contributed by atoms with Gasteiger partial charge in [-0.25, -0.2) is 9.78 Å². The van der Waals surface area contributed by atoms with Crippen molar-refractivity contribution < 1.29 is 28.6 Å². The van der Waals surface area contributed by atoms with Gasteiger partial charge in [0.25, 0.3) is 0 Å². The highest BCUT2D eigenvalue weighted by atomic mass is 16.5. The standard InChI is InChI=1S/C25H31N3O6/c1-4-33-25(31)20-8-10-23(26-17-20)27-11-13-28(14-12-27)24(30)6-5-15-34-21-9-7-19(18(2)29)16-22(21)32-3/h7-10,16-17H,4-6,11-15H2,1-3H3. The molecule has 34 heavy (non-hydrogen) atoms. The molecule has 1 fully saturated rings. The molecule has 9 nitrogen and oxygen atoms in total. The number of ketones is 1. The molecule has 0 aliphatic carbocycles. The van der Waals surface area contributed by atoms with Crippen LogP contribution in [-0.4, -0.2) is 74.0 Å². The molecule has 1 aromatic heterocycles. The summed E-state index contributed by atoms with van der Waals surface area (Å²) < 4.78 is 16.0. The van der Waals surface area contributed by atoms with Gasteiger partial charge in [0.15, 0.2) is 17.3 Å². The van der Waals surface area contributed by atoms with Crippen LogP contribution in [0, 0.1) is 0 Å². The summed E-state index contributed by atoms with van der Waals surface area (Å²) in [5.41, 5.74) is 0.984. The fourth-order valence-corrected chi connectivity index (χ4v) is 3.66. The minimum atomic E-state index is -0.382. The molecule has 1 saturated heterocycles. The van der Waals surface area contributed by atoms with E-state index >= 15 is 0 Å². The Morgan fingerprint density at radius 1 is 1.00 bits per heavy atom. The smallest absolute Gasteiger partial charge is 0.339 e. The third-order valence-electron chi connectivity index (χ3n) is 5.58. The lowest BCUT2D eigenvalue weighted by molar-refractivity contribution is -0.131. The van der Waals surface area contributed by atoms with Crippen molar-refractivity contribution in [2.45, 2.75) is 26.7 Å². The lowest BCUT2D eigenvalue weighted by atomic mass is 10.1. The van der Waals surface area contributed by atoms with Gasteiger partial charge in [-0.2, -0.15) is 0 Å². The van der Waals surface area contributed by atoms with E-state index in [1.807, 2.05) is 4.90 Å². The van der Waals surface area contributed by atoms with Crippen LogP contribution in [0.1, 0.15) is 47.4 Å². The van der Waals surface area contributed by atoms with Crippen LogP contribution < -0.4 is 14.4 Å². The van der Waals surface area contributed by atoms with Crippen molar-refractivity contribution in [1.29, 1.82) is 0 Å². The summed E-state index contributed by atoms with van der Waals surface area (Å²) in [4.78, 5) is 44.2. The lowest BCUT2D eigenvalue weighted by Gasteiger charge is -2.35. The minimum absolute atomic E-state index is 0.0417. The summed E-state index contributed by atoms with van der Waals surface area (Å²) in [5.74, 6) is 1.49. The van der Waals surface area contributed by atoms with Crippen molar-refractivity contribution in [3.63, 3.8) is 0 Å². The summed E-state index contributed by atoms with van der Waals surface area (Å²) in [6, 6.07) is 8.58. The van der Waals surface area contributed by atoms with E-state index in [2.05, 4.69) is 9.88 Å². The molecule has 2 aromatic rings. The molecule has 0 N–H and O–H groups in total. The monoisotopic (exact) mass is 469 g/mol. The molecule has 0 saturated carbocycles. The molecule has 9 heteroatoms. The number of aromatic nitrogens is 1. The largest absolute Gasteiger partial charge is 0.493 e. The fourth-order valence-electron chi connectivity index (χ4n) is 3.66. The normalized spacial score (nSPS) is 13.4. The van der Waals surface area contributed by atoms with E-state index in [4.69, 9.17) is 14.2 Å². The number of hydrogen-bond donors (Lipinski definition) is 0. The Labute approximate surface area is 199 Å². The van der Waals surface area contributed by atoms with Crippen LogP contribution in [0.25, 0.3) is 0 Å². The van der Waals surface area contributed by atoms with E-state index in [1.165, 1.54) is 20.2 Å². The van der Waals surface area contributed by atoms with E-state index in [0.29, 0.717) is 74.9 Å². The maximum absolute atomic E-state index is 12.6. The second-order valence-electron chi connectivity index (χ2n) is 7.87. The number of carbonyl (C=O) groups is 3. The minimum Gasteiger partial charge on any atom is -0.493 e. The number of piperazine rings is 1. The molecule has 1 aliphatic rings. The first kappa shape index (κ1) is 25.0. The van der Waals surface area contributed by atoms with Gasteiger partial charge in [-0.1, -0.05) is 0 Å². The van der Waals surface area contributed by atoms with Gasteiger partial charge in [-0.15, -0.1) is 0 Å². The second kappa shape index (κ2) is 12.0. The van der Waals surface area contributed by atoms with E-state index in [0.717, 1.165) is 5.82 Å². The Morgan fingerprint density at radius 3 is 2.35 bits per heavy atom. The van der Waals surface area contributed by atoms with Crippen LogP contribution in [0.15, 0.2) is 36.5 Å². The van der Waals surface area contributed by atoms with Crippen LogP contribution in [0.4, 0.5) is 5.82 Å². The average Bonchev–Trinajstić information content (AvgIpc) is 2.86. The van der Waals surface area contributed by atoms with Gasteiger partial charge < -0.3 is 24.0 Å². The van der Waals surface area contributed by atoms with Gasteiger partial charge in [0, 0.05) is 44.4 Å². The zero-order valence-electron chi connectivity index (χ0n) is 19.9. The molecule has 0 unspecified atom stereocenters. The number of hydrogen-bond acceptors (Lipinski definition) is 8. The SMILES string of the molecule is CCOC(=O)c1ccc(N2CCN(C(=O)CCCOc3ccc(C(C)=O)cc3OC)CC2)nc1. The average molecular weight is 470 g/mol.